The van der Waals surface area contributed by atoms with Gasteiger partial charge < -0.3 is 20.1 Å². The first-order valence-electron chi connectivity index (χ1n) is 7.84. The summed E-state index contributed by atoms with van der Waals surface area (Å²) in [6, 6.07) is 0. The van der Waals surface area contributed by atoms with E-state index in [2.05, 4.69) is 36.9 Å². The molecule has 1 fully saturated rings. The summed E-state index contributed by atoms with van der Waals surface area (Å²) >= 11 is 1.68. The van der Waals surface area contributed by atoms with Gasteiger partial charge in [0.05, 0.1) is 6.54 Å². The number of anilines is 1. The van der Waals surface area contributed by atoms with Gasteiger partial charge in [-0.15, -0.1) is 21.5 Å². The predicted octanol–water partition coefficient (Wildman–Crippen LogP) is 0.434. The summed E-state index contributed by atoms with van der Waals surface area (Å²) in [4.78, 5) is 13.3. The molecule has 124 valence electrons. The van der Waals surface area contributed by atoms with Crippen LogP contribution in [0.25, 0.3) is 0 Å². The van der Waals surface area contributed by atoms with Crippen LogP contribution in [0.3, 0.4) is 0 Å². The lowest BCUT2D eigenvalue weighted by atomic mass is 10.3. The summed E-state index contributed by atoms with van der Waals surface area (Å²) in [5.41, 5.74) is 6.13. The van der Waals surface area contributed by atoms with E-state index in [0.29, 0.717) is 12.5 Å². The van der Waals surface area contributed by atoms with Gasteiger partial charge in [0.15, 0.2) is 11.1 Å². The van der Waals surface area contributed by atoms with Gasteiger partial charge in [0, 0.05) is 50.7 Å². The van der Waals surface area contributed by atoms with Gasteiger partial charge in [-0.3, -0.25) is 4.99 Å². The number of guanidine groups is 1. The quantitative estimate of drug-likeness (QED) is 0.630. The molecular weight excluding hydrogens is 312 g/mol. The molecule has 0 atom stereocenters. The van der Waals surface area contributed by atoms with Crippen LogP contribution in [0.4, 0.5) is 5.13 Å². The molecule has 0 aliphatic carbocycles. The summed E-state index contributed by atoms with van der Waals surface area (Å²) in [7, 11) is 0. The highest BCUT2D eigenvalue weighted by molar-refractivity contribution is 7.13. The Hall–Kier alpha value is -2.16. The smallest absolute Gasteiger partial charge is 0.191 e. The third-order valence-corrected chi connectivity index (χ3v) is 4.75. The molecule has 8 nitrogen and oxygen atoms in total. The normalized spacial score (nSPS) is 16.1. The number of aliphatic imine (C=N–C) groups is 1. The van der Waals surface area contributed by atoms with E-state index >= 15 is 0 Å². The van der Waals surface area contributed by atoms with Crippen molar-refractivity contribution in [3.8, 4) is 0 Å². The fourth-order valence-corrected chi connectivity index (χ4v) is 3.31. The van der Waals surface area contributed by atoms with Crippen molar-refractivity contribution in [1.82, 2.24) is 24.6 Å². The average Bonchev–Trinajstić information content (AvgIpc) is 3.26. The van der Waals surface area contributed by atoms with E-state index in [1.165, 1.54) is 0 Å². The zero-order valence-corrected chi connectivity index (χ0v) is 14.1. The van der Waals surface area contributed by atoms with Gasteiger partial charge in [-0.2, -0.15) is 0 Å². The standard InChI is InChI=1S/C14H22N8S/c1-2-12-19-18-11-22(12)5-3-16-13(15)20-6-8-21(9-7-20)14-17-4-10-23-14/h4,10-11H,2-3,5-9H2,1H3,(H2,15,16). The van der Waals surface area contributed by atoms with Crippen LogP contribution in [0.1, 0.15) is 12.7 Å². The molecule has 2 N–H and O–H groups in total. The molecular formula is C14H22N8S. The molecule has 0 saturated carbocycles. The summed E-state index contributed by atoms with van der Waals surface area (Å²) in [5.74, 6) is 1.60. The lowest BCUT2D eigenvalue weighted by Gasteiger charge is -2.35. The van der Waals surface area contributed by atoms with Crippen LogP contribution in [0.15, 0.2) is 22.9 Å². The maximum Gasteiger partial charge on any atom is 0.191 e. The van der Waals surface area contributed by atoms with Crippen LogP contribution in [0.2, 0.25) is 0 Å². The van der Waals surface area contributed by atoms with Gasteiger partial charge in [-0.25, -0.2) is 4.98 Å². The lowest BCUT2D eigenvalue weighted by molar-refractivity contribution is 0.380. The highest BCUT2D eigenvalue weighted by Gasteiger charge is 2.19. The van der Waals surface area contributed by atoms with Crippen molar-refractivity contribution in [3.63, 3.8) is 0 Å². The number of nitrogens with two attached hydrogens (primary N) is 1. The van der Waals surface area contributed by atoms with Crippen molar-refractivity contribution in [3.05, 3.63) is 23.7 Å². The minimum absolute atomic E-state index is 0.620. The van der Waals surface area contributed by atoms with Gasteiger partial charge >= 0.3 is 0 Å². The Morgan fingerprint density at radius 1 is 1.35 bits per heavy atom. The van der Waals surface area contributed by atoms with Gasteiger partial charge in [-0.1, -0.05) is 6.92 Å². The fourth-order valence-electron chi connectivity index (χ4n) is 2.61. The number of piperazine rings is 1. The van der Waals surface area contributed by atoms with E-state index in [1.807, 2.05) is 16.1 Å². The van der Waals surface area contributed by atoms with E-state index in [4.69, 9.17) is 5.73 Å². The van der Waals surface area contributed by atoms with Crippen molar-refractivity contribution >= 4 is 22.4 Å². The van der Waals surface area contributed by atoms with Crippen molar-refractivity contribution < 1.29 is 0 Å². The highest BCUT2D eigenvalue weighted by Crippen LogP contribution is 2.18. The van der Waals surface area contributed by atoms with Crippen LogP contribution in [-0.4, -0.2) is 63.3 Å². The van der Waals surface area contributed by atoms with Gasteiger partial charge in [-0.05, 0) is 0 Å². The van der Waals surface area contributed by atoms with Crippen LogP contribution in [-0.2, 0) is 13.0 Å². The van der Waals surface area contributed by atoms with E-state index in [0.717, 1.165) is 50.1 Å². The molecule has 0 aromatic carbocycles. The molecule has 0 amide bonds. The Morgan fingerprint density at radius 2 is 2.17 bits per heavy atom. The zero-order chi connectivity index (χ0) is 16.1. The zero-order valence-electron chi connectivity index (χ0n) is 13.3. The van der Waals surface area contributed by atoms with E-state index in [1.54, 1.807) is 17.7 Å². The van der Waals surface area contributed by atoms with Gasteiger partial charge in [0.25, 0.3) is 0 Å². The van der Waals surface area contributed by atoms with E-state index < -0.39 is 0 Å². The molecule has 2 aromatic rings. The minimum Gasteiger partial charge on any atom is -0.370 e. The Balaban J connectivity index is 1.48. The van der Waals surface area contributed by atoms with Crippen molar-refractivity contribution in [2.45, 2.75) is 19.9 Å². The monoisotopic (exact) mass is 334 g/mol. The summed E-state index contributed by atoms with van der Waals surface area (Å²) in [6.07, 6.45) is 4.47. The molecule has 0 unspecified atom stereocenters. The molecule has 3 heterocycles. The molecule has 23 heavy (non-hydrogen) atoms. The van der Waals surface area contributed by atoms with Crippen LogP contribution >= 0.6 is 11.3 Å². The number of aryl methyl sites for hydroxylation is 1. The maximum atomic E-state index is 6.13. The van der Waals surface area contributed by atoms with Crippen LogP contribution in [0, 0.1) is 0 Å². The Labute approximate surface area is 139 Å². The summed E-state index contributed by atoms with van der Waals surface area (Å²) in [5, 5.41) is 11.1. The predicted molar refractivity (Wildman–Crippen MR) is 91.8 cm³/mol. The number of nitrogens with zero attached hydrogens (tertiary/aromatic N) is 7. The minimum atomic E-state index is 0.620. The first-order valence-corrected chi connectivity index (χ1v) is 8.72. The second kappa shape index (κ2) is 7.40. The first-order chi connectivity index (χ1) is 11.3. The van der Waals surface area contributed by atoms with Gasteiger partial charge in [0.1, 0.15) is 12.2 Å². The molecule has 3 rings (SSSR count). The van der Waals surface area contributed by atoms with Crippen molar-refractivity contribution in [2.24, 2.45) is 10.7 Å². The fraction of sp³-hybridized carbons (Fsp3) is 0.571. The second-order valence-electron chi connectivity index (χ2n) is 5.32. The molecule has 0 spiro atoms. The molecule has 2 aromatic heterocycles. The van der Waals surface area contributed by atoms with E-state index in [-0.39, 0.29) is 0 Å². The number of hydrogen-bond donors (Lipinski definition) is 1. The molecule has 0 radical (unpaired) electrons. The Kier molecular flexibility index (Phi) is 5.06. The van der Waals surface area contributed by atoms with Crippen molar-refractivity contribution in [2.75, 3.05) is 37.6 Å². The second-order valence-corrected chi connectivity index (χ2v) is 6.20. The SMILES string of the molecule is CCc1nncn1CCN=C(N)N1CCN(c2nccs2)CC1. The van der Waals surface area contributed by atoms with Crippen LogP contribution in [0.5, 0.6) is 0 Å². The Bertz CT molecular complexity index is 627. The number of rotatable bonds is 5. The van der Waals surface area contributed by atoms with Gasteiger partial charge in [0.2, 0.25) is 0 Å². The number of hydrogen-bond acceptors (Lipinski definition) is 6. The maximum absolute atomic E-state index is 6.13. The topological polar surface area (TPSA) is 88.5 Å². The highest BCUT2D eigenvalue weighted by atomic mass is 32.1. The molecule has 1 aliphatic rings. The molecule has 9 heteroatoms. The molecule has 0 bridgehead atoms. The Morgan fingerprint density at radius 3 is 2.87 bits per heavy atom. The number of aromatic nitrogens is 4. The molecule has 1 aliphatic heterocycles. The molecule has 1 saturated heterocycles. The number of thiazole rings is 1. The summed E-state index contributed by atoms with van der Waals surface area (Å²) in [6.45, 7) is 7.08. The third kappa shape index (κ3) is 3.79. The summed E-state index contributed by atoms with van der Waals surface area (Å²) < 4.78 is 2.02. The largest absolute Gasteiger partial charge is 0.370 e. The lowest BCUT2D eigenvalue weighted by Crippen LogP contribution is -2.51. The van der Waals surface area contributed by atoms with Crippen molar-refractivity contribution in [1.29, 1.82) is 0 Å². The third-order valence-electron chi connectivity index (χ3n) is 3.92. The average molecular weight is 334 g/mol. The van der Waals surface area contributed by atoms with Crippen LogP contribution < -0.4 is 10.6 Å². The van der Waals surface area contributed by atoms with E-state index in [9.17, 15) is 0 Å². The first kappa shape index (κ1) is 15.7.